The Hall–Kier alpha value is -1.71. The number of anilines is 1. The normalized spacial score (nSPS) is 10.1. The molecule has 0 aromatic heterocycles. The van der Waals surface area contributed by atoms with E-state index in [0.29, 0.717) is 19.4 Å². The molecule has 0 atom stereocenters. The first-order valence-corrected chi connectivity index (χ1v) is 5.44. The van der Waals surface area contributed by atoms with Crippen molar-refractivity contribution < 1.29 is 13.6 Å². The van der Waals surface area contributed by atoms with Crippen molar-refractivity contribution in [3.63, 3.8) is 0 Å². The van der Waals surface area contributed by atoms with Crippen molar-refractivity contribution in [2.24, 2.45) is 0 Å². The number of hydrogen-bond donors (Lipinski definition) is 0. The summed E-state index contributed by atoms with van der Waals surface area (Å²) in [5.74, 6) is -1.44. The summed E-state index contributed by atoms with van der Waals surface area (Å²) in [5, 5.41) is 0. The molecule has 0 spiro atoms. The molecule has 1 aromatic rings. The van der Waals surface area contributed by atoms with Crippen molar-refractivity contribution in [3.8, 4) is 0 Å². The Morgan fingerprint density at radius 2 is 1.94 bits per heavy atom. The highest BCUT2D eigenvalue weighted by atomic mass is 19.1. The van der Waals surface area contributed by atoms with Gasteiger partial charge in [-0.25, -0.2) is 8.78 Å². The van der Waals surface area contributed by atoms with Gasteiger partial charge in [-0.1, -0.05) is 13.0 Å². The molecule has 4 heteroatoms. The van der Waals surface area contributed by atoms with E-state index in [4.69, 9.17) is 0 Å². The predicted octanol–water partition coefficient (Wildman–Crippen LogP) is 3.18. The average Bonchev–Trinajstić information content (AvgIpc) is 2.28. The fourth-order valence-electron chi connectivity index (χ4n) is 1.68. The van der Waals surface area contributed by atoms with Gasteiger partial charge in [0, 0.05) is 18.7 Å². The molecule has 0 heterocycles. The zero-order valence-electron chi connectivity index (χ0n) is 9.75. The van der Waals surface area contributed by atoms with Crippen LogP contribution in [-0.4, -0.2) is 19.4 Å². The van der Waals surface area contributed by atoms with Crippen molar-refractivity contribution in [3.05, 3.63) is 42.0 Å². The molecule has 0 saturated carbocycles. The van der Waals surface area contributed by atoms with Crippen LogP contribution in [0.4, 0.5) is 14.5 Å². The monoisotopic (exact) mass is 239 g/mol. The Labute approximate surface area is 99.5 Å². The molecule has 0 aliphatic rings. The van der Waals surface area contributed by atoms with Gasteiger partial charge in [-0.15, -0.1) is 6.58 Å². The summed E-state index contributed by atoms with van der Waals surface area (Å²) < 4.78 is 27.4. The predicted molar refractivity (Wildman–Crippen MR) is 64.4 cm³/mol. The zero-order chi connectivity index (χ0) is 12.8. The lowest BCUT2D eigenvalue weighted by Gasteiger charge is -2.23. The summed E-state index contributed by atoms with van der Waals surface area (Å²) in [6.07, 6.45) is 2.78. The fraction of sp³-hybridized carbons (Fsp3) is 0.308. The van der Waals surface area contributed by atoms with Crippen LogP contribution >= 0.6 is 0 Å². The Balaban J connectivity index is 3.17. The number of rotatable bonds is 6. The lowest BCUT2D eigenvalue weighted by atomic mass is 10.1. The van der Waals surface area contributed by atoms with Crippen LogP contribution in [0.25, 0.3) is 0 Å². The third-order valence-corrected chi connectivity index (χ3v) is 2.33. The SMILES string of the molecule is C=CCN(CCC)c1c(F)cc(C=O)cc1F. The van der Waals surface area contributed by atoms with Gasteiger partial charge in [-0.3, -0.25) is 4.79 Å². The Bertz CT molecular complexity index is 395. The summed E-state index contributed by atoms with van der Waals surface area (Å²) >= 11 is 0. The minimum absolute atomic E-state index is 0.00111. The van der Waals surface area contributed by atoms with Crippen LogP contribution in [0, 0.1) is 11.6 Å². The van der Waals surface area contributed by atoms with E-state index < -0.39 is 11.6 Å². The molecule has 0 aliphatic carbocycles. The summed E-state index contributed by atoms with van der Waals surface area (Å²) in [4.78, 5) is 12.0. The molecule has 1 rings (SSSR count). The molecule has 0 radical (unpaired) electrons. The molecule has 92 valence electrons. The van der Waals surface area contributed by atoms with Gasteiger partial charge in [0.1, 0.15) is 23.6 Å². The number of carbonyl (C=O) groups is 1. The second-order valence-electron chi connectivity index (χ2n) is 3.69. The Morgan fingerprint density at radius 1 is 1.35 bits per heavy atom. The number of aldehydes is 1. The third kappa shape index (κ3) is 3.12. The second-order valence-corrected chi connectivity index (χ2v) is 3.69. The van der Waals surface area contributed by atoms with Gasteiger partial charge in [-0.2, -0.15) is 0 Å². The quantitative estimate of drug-likeness (QED) is 0.561. The summed E-state index contributed by atoms with van der Waals surface area (Å²) in [5.41, 5.74) is -0.101. The molecule has 0 amide bonds. The number of nitrogens with zero attached hydrogens (tertiary/aromatic N) is 1. The van der Waals surface area contributed by atoms with Gasteiger partial charge in [0.2, 0.25) is 0 Å². The largest absolute Gasteiger partial charge is 0.363 e. The van der Waals surface area contributed by atoms with Gasteiger partial charge in [-0.05, 0) is 18.6 Å². The van der Waals surface area contributed by atoms with E-state index in [9.17, 15) is 13.6 Å². The van der Waals surface area contributed by atoms with Crippen molar-refractivity contribution in [2.75, 3.05) is 18.0 Å². The Kier molecular flexibility index (Phi) is 4.82. The van der Waals surface area contributed by atoms with E-state index in [1.54, 1.807) is 11.0 Å². The number of benzene rings is 1. The van der Waals surface area contributed by atoms with Gasteiger partial charge < -0.3 is 4.90 Å². The molecule has 17 heavy (non-hydrogen) atoms. The maximum Gasteiger partial charge on any atom is 0.150 e. The standard InChI is InChI=1S/C13H15F2NO/c1-3-5-16(6-4-2)13-11(14)7-10(9-17)8-12(13)15/h3,7-9H,1,4-6H2,2H3. The van der Waals surface area contributed by atoms with Gasteiger partial charge in [0.15, 0.2) is 0 Å². The second kappa shape index (κ2) is 6.13. The lowest BCUT2D eigenvalue weighted by Crippen LogP contribution is -2.26. The van der Waals surface area contributed by atoms with Crippen LogP contribution in [0.3, 0.4) is 0 Å². The highest BCUT2D eigenvalue weighted by molar-refractivity contribution is 5.76. The molecule has 0 aliphatic heterocycles. The topological polar surface area (TPSA) is 20.3 Å². The smallest absolute Gasteiger partial charge is 0.150 e. The van der Waals surface area contributed by atoms with Crippen LogP contribution in [-0.2, 0) is 0 Å². The summed E-state index contributed by atoms with van der Waals surface area (Å²) in [6, 6.07) is 2.08. The van der Waals surface area contributed by atoms with Crippen LogP contribution in [0.5, 0.6) is 0 Å². The highest BCUT2D eigenvalue weighted by Crippen LogP contribution is 2.24. The summed E-state index contributed by atoms with van der Waals surface area (Å²) in [7, 11) is 0. The van der Waals surface area contributed by atoms with Crippen molar-refractivity contribution in [1.29, 1.82) is 0 Å². The van der Waals surface area contributed by atoms with Crippen LogP contribution in [0.2, 0.25) is 0 Å². The van der Waals surface area contributed by atoms with E-state index in [-0.39, 0.29) is 11.3 Å². The van der Waals surface area contributed by atoms with Crippen molar-refractivity contribution in [2.45, 2.75) is 13.3 Å². The van der Waals surface area contributed by atoms with Gasteiger partial charge >= 0.3 is 0 Å². The first-order valence-electron chi connectivity index (χ1n) is 5.44. The van der Waals surface area contributed by atoms with E-state index in [0.717, 1.165) is 18.6 Å². The van der Waals surface area contributed by atoms with Gasteiger partial charge in [0.25, 0.3) is 0 Å². The van der Waals surface area contributed by atoms with E-state index in [2.05, 4.69) is 6.58 Å². The number of carbonyl (C=O) groups excluding carboxylic acids is 1. The van der Waals surface area contributed by atoms with Crippen molar-refractivity contribution >= 4 is 12.0 Å². The molecule has 2 nitrogen and oxygen atoms in total. The van der Waals surface area contributed by atoms with Crippen LogP contribution < -0.4 is 4.90 Å². The van der Waals surface area contributed by atoms with Crippen LogP contribution in [0.15, 0.2) is 24.8 Å². The fourth-order valence-corrected chi connectivity index (χ4v) is 1.68. The zero-order valence-corrected chi connectivity index (χ0v) is 9.75. The molecular weight excluding hydrogens is 224 g/mol. The van der Waals surface area contributed by atoms with E-state index in [1.807, 2.05) is 6.92 Å². The molecule has 0 fully saturated rings. The highest BCUT2D eigenvalue weighted by Gasteiger charge is 2.16. The molecule has 0 N–H and O–H groups in total. The van der Waals surface area contributed by atoms with Crippen LogP contribution in [0.1, 0.15) is 23.7 Å². The molecular formula is C13H15F2NO. The molecule has 1 aromatic carbocycles. The van der Waals surface area contributed by atoms with E-state index >= 15 is 0 Å². The molecule has 0 bridgehead atoms. The maximum atomic E-state index is 13.7. The van der Waals surface area contributed by atoms with E-state index in [1.165, 1.54) is 0 Å². The minimum Gasteiger partial charge on any atom is -0.363 e. The Morgan fingerprint density at radius 3 is 2.35 bits per heavy atom. The third-order valence-electron chi connectivity index (χ3n) is 2.33. The first kappa shape index (κ1) is 13.4. The summed E-state index contributed by atoms with van der Waals surface area (Å²) in [6.45, 7) is 6.37. The maximum absolute atomic E-state index is 13.7. The first-order chi connectivity index (χ1) is 8.13. The average molecular weight is 239 g/mol. The molecule has 0 saturated heterocycles. The number of hydrogen-bond acceptors (Lipinski definition) is 2. The minimum atomic E-state index is -0.720. The number of halogens is 2. The lowest BCUT2D eigenvalue weighted by molar-refractivity contribution is 0.112. The van der Waals surface area contributed by atoms with Crippen molar-refractivity contribution in [1.82, 2.24) is 0 Å². The van der Waals surface area contributed by atoms with Gasteiger partial charge in [0.05, 0.1) is 0 Å². The molecule has 0 unspecified atom stereocenters.